The molecule has 164 valence electrons. The number of hydrogen-bond acceptors (Lipinski definition) is 5. The Hall–Kier alpha value is -2.20. The van der Waals surface area contributed by atoms with Crippen LogP contribution >= 0.6 is 22.9 Å². The Kier molecular flexibility index (Phi) is 6.20. The van der Waals surface area contributed by atoms with E-state index in [4.69, 9.17) is 11.6 Å². The number of aryl methyl sites for hydroxylation is 1. The first-order valence-corrected chi connectivity index (χ1v) is 12.6. The van der Waals surface area contributed by atoms with Gasteiger partial charge in [0, 0.05) is 36.3 Å². The number of halogens is 1. The Balaban J connectivity index is 1.45. The lowest BCUT2D eigenvalue weighted by Gasteiger charge is -2.30. The van der Waals surface area contributed by atoms with E-state index in [1.54, 1.807) is 47.0 Å². The first-order valence-electron chi connectivity index (χ1n) is 9.99. The maximum Gasteiger partial charge on any atom is 0.308 e. The summed E-state index contributed by atoms with van der Waals surface area (Å²) in [5, 5.41) is 3.45. The zero-order valence-corrected chi connectivity index (χ0v) is 19.3. The van der Waals surface area contributed by atoms with Crippen LogP contribution in [0.1, 0.15) is 19.8 Å². The zero-order chi connectivity index (χ0) is 22.2. The van der Waals surface area contributed by atoms with Gasteiger partial charge in [0.05, 0.1) is 15.1 Å². The third-order valence-electron chi connectivity index (χ3n) is 5.53. The van der Waals surface area contributed by atoms with Crippen molar-refractivity contribution in [3.8, 4) is 0 Å². The van der Waals surface area contributed by atoms with Gasteiger partial charge in [0.1, 0.15) is 0 Å². The molecule has 2 aromatic carbocycles. The SMILES string of the molecule is CCn1c(=O)sc2cc(S(=O)(=O)N3CCC(C(=O)Nc4ccc(Cl)cc4)CC3)ccc21. The van der Waals surface area contributed by atoms with Crippen molar-refractivity contribution in [3.05, 3.63) is 57.2 Å². The molecule has 1 aliphatic rings. The lowest BCUT2D eigenvalue weighted by molar-refractivity contribution is -0.120. The molecule has 7 nitrogen and oxygen atoms in total. The smallest absolute Gasteiger partial charge is 0.308 e. The van der Waals surface area contributed by atoms with E-state index in [2.05, 4.69) is 5.32 Å². The highest BCUT2D eigenvalue weighted by Gasteiger charge is 2.32. The fraction of sp³-hybridized carbons (Fsp3) is 0.333. The molecule has 3 aromatic rings. The summed E-state index contributed by atoms with van der Waals surface area (Å²) in [6.07, 6.45) is 0.890. The Labute approximate surface area is 189 Å². The van der Waals surface area contributed by atoms with Gasteiger partial charge in [0.25, 0.3) is 0 Å². The second-order valence-electron chi connectivity index (χ2n) is 7.42. The van der Waals surface area contributed by atoms with Gasteiger partial charge in [-0.25, -0.2) is 8.42 Å². The number of aromatic nitrogens is 1. The van der Waals surface area contributed by atoms with Crippen LogP contribution in [0, 0.1) is 5.92 Å². The highest BCUT2D eigenvalue weighted by atomic mass is 35.5. The Morgan fingerprint density at radius 2 is 1.84 bits per heavy atom. The molecule has 2 heterocycles. The molecule has 0 radical (unpaired) electrons. The van der Waals surface area contributed by atoms with Crippen molar-refractivity contribution >= 4 is 54.8 Å². The summed E-state index contributed by atoms with van der Waals surface area (Å²) in [5.74, 6) is -0.375. The van der Waals surface area contributed by atoms with Crippen molar-refractivity contribution in [2.45, 2.75) is 31.2 Å². The second-order valence-corrected chi connectivity index (χ2v) is 10.8. The quantitative estimate of drug-likeness (QED) is 0.603. The predicted molar refractivity (Wildman–Crippen MR) is 123 cm³/mol. The van der Waals surface area contributed by atoms with E-state index in [0.717, 1.165) is 16.9 Å². The number of carbonyl (C=O) groups is 1. The minimum Gasteiger partial charge on any atom is -0.326 e. The molecule has 10 heteroatoms. The number of sulfonamides is 1. The van der Waals surface area contributed by atoms with Gasteiger partial charge < -0.3 is 5.32 Å². The van der Waals surface area contributed by atoms with Gasteiger partial charge in [-0.05, 0) is 62.2 Å². The van der Waals surface area contributed by atoms with Crippen molar-refractivity contribution in [1.29, 1.82) is 0 Å². The molecular formula is C21H22ClN3O4S2. The molecule has 31 heavy (non-hydrogen) atoms. The van der Waals surface area contributed by atoms with E-state index in [1.165, 1.54) is 4.31 Å². The Bertz CT molecular complexity index is 1270. The number of anilines is 1. The number of benzene rings is 2. The maximum absolute atomic E-state index is 13.1. The first kappa shape index (κ1) is 22.0. The Morgan fingerprint density at radius 3 is 2.48 bits per heavy atom. The fourth-order valence-corrected chi connectivity index (χ4v) is 6.48. The molecule has 1 aromatic heterocycles. The molecule has 1 fully saturated rings. The van der Waals surface area contributed by atoms with E-state index >= 15 is 0 Å². The van der Waals surface area contributed by atoms with E-state index < -0.39 is 10.0 Å². The summed E-state index contributed by atoms with van der Waals surface area (Å²) >= 11 is 6.91. The highest BCUT2D eigenvalue weighted by molar-refractivity contribution is 7.89. The summed E-state index contributed by atoms with van der Waals surface area (Å²) in [5.41, 5.74) is 1.41. The second kappa shape index (κ2) is 8.74. The van der Waals surface area contributed by atoms with E-state index in [0.29, 0.717) is 34.8 Å². The summed E-state index contributed by atoms with van der Waals surface area (Å²) < 4.78 is 29.9. The monoisotopic (exact) mass is 479 g/mol. The normalized spacial score (nSPS) is 15.9. The van der Waals surface area contributed by atoms with Gasteiger partial charge in [-0.15, -0.1) is 0 Å². The molecule has 0 aliphatic carbocycles. The zero-order valence-electron chi connectivity index (χ0n) is 16.9. The predicted octanol–water partition coefficient (Wildman–Crippen LogP) is 3.78. The van der Waals surface area contributed by atoms with Crippen LogP contribution in [0.4, 0.5) is 5.69 Å². The van der Waals surface area contributed by atoms with Crippen molar-refractivity contribution in [3.63, 3.8) is 0 Å². The number of rotatable bonds is 5. The van der Waals surface area contributed by atoms with Crippen LogP contribution in [-0.2, 0) is 21.4 Å². The molecule has 1 N–H and O–H groups in total. The number of nitrogens with zero attached hydrogens (tertiary/aromatic N) is 2. The summed E-state index contributed by atoms with van der Waals surface area (Å²) in [6, 6.07) is 11.7. The van der Waals surface area contributed by atoms with Crippen molar-refractivity contribution < 1.29 is 13.2 Å². The number of carbonyl (C=O) groups excluding carboxylic acids is 1. The molecule has 1 saturated heterocycles. The van der Waals surface area contributed by atoms with Gasteiger partial charge in [0.2, 0.25) is 15.9 Å². The van der Waals surface area contributed by atoms with E-state index in [9.17, 15) is 18.0 Å². The lowest BCUT2D eigenvalue weighted by Crippen LogP contribution is -2.41. The van der Waals surface area contributed by atoms with Gasteiger partial charge >= 0.3 is 4.87 Å². The van der Waals surface area contributed by atoms with Crippen molar-refractivity contribution in [2.24, 2.45) is 5.92 Å². The van der Waals surface area contributed by atoms with Gasteiger partial charge in [-0.1, -0.05) is 22.9 Å². The van der Waals surface area contributed by atoms with E-state index in [-0.39, 0.29) is 34.7 Å². The number of nitrogens with one attached hydrogen (secondary N) is 1. The third kappa shape index (κ3) is 4.41. The summed E-state index contributed by atoms with van der Waals surface area (Å²) in [7, 11) is -3.69. The molecule has 1 amide bonds. The molecule has 0 spiro atoms. The average molecular weight is 480 g/mol. The number of hydrogen-bond donors (Lipinski definition) is 1. The standard InChI is InChI=1S/C21H22ClN3O4S2/c1-2-25-18-8-7-17(13-19(18)30-21(25)27)31(28,29)24-11-9-14(10-12-24)20(26)23-16-5-3-15(22)4-6-16/h3-8,13-14H,2,9-12H2,1H3,(H,23,26). The average Bonchev–Trinajstić information content (AvgIpc) is 3.09. The largest absolute Gasteiger partial charge is 0.326 e. The van der Waals surface area contributed by atoms with Crippen molar-refractivity contribution in [2.75, 3.05) is 18.4 Å². The number of fused-ring (bicyclic) bond motifs is 1. The van der Waals surface area contributed by atoms with Crippen LogP contribution in [0.15, 0.2) is 52.2 Å². The maximum atomic E-state index is 13.1. The fourth-order valence-electron chi connectivity index (χ4n) is 3.79. The number of thiazole rings is 1. The topological polar surface area (TPSA) is 88.5 Å². The minimum absolute atomic E-state index is 0.0976. The third-order valence-corrected chi connectivity index (χ3v) is 8.62. The first-order chi connectivity index (χ1) is 14.8. The van der Waals surface area contributed by atoms with Crippen molar-refractivity contribution in [1.82, 2.24) is 8.87 Å². The van der Waals surface area contributed by atoms with Gasteiger partial charge in [0.15, 0.2) is 0 Å². The number of piperidine rings is 1. The number of amides is 1. The van der Waals surface area contributed by atoms with Crippen LogP contribution in [0.2, 0.25) is 5.02 Å². The van der Waals surface area contributed by atoms with Gasteiger partial charge in [-0.2, -0.15) is 4.31 Å². The molecule has 4 rings (SSSR count). The Morgan fingerprint density at radius 1 is 1.16 bits per heavy atom. The summed E-state index contributed by atoms with van der Waals surface area (Å²) in [4.78, 5) is 24.7. The van der Waals surface area contributed by atoms with Crippen LogP contribution in [-0.4, -0.2) is 36.3 Å². The van der Waals surface area contributed by atoms with Crippen LogP contribution in [0.5, 0.6) is 0 Å². The molecule has 1 aliphatic heterocycles. The minimum atomic E-state index is -3.69. The summed E-state index contributed by atoms with van der Waals surface area (Å²) in [6.45, 7) is 2.96. The van der Waals surface area contributed by atoms with Gasteiger partial charge in [-0.3, -0.25) is 14.2 Å². The van der Waals surface area contributed by atoms with Crippen LogP contribution < -0.4 is 10.2 Å². The van der Waals surface area contributed by atoms with E-state index in [1.807, 2.05) is 6.92 Å². The molecule has 0 saturated carbocycles. The molecule has 0 atom stereocenters. The lowest BCUT2D eigenvalue weighted by atomic mass is 9.97. The molecule has 0 bridgehead atoms. The van der Waals surface area contributed by atoms with Crippen LogP contribution in [0.25, 0.3) is 10.2 Å². The highest BCUT2D eigenvalue weighted by Crippen LogP contribution is 2.28. The van der Waals surface area contributed by atoms with Crippen LogP contribution in [0.3, 0.4) is 0 Å². The molecule has 0 unspecified atom stereocenters. The molecular weight excluding hydrogens is 458 g/mol.